The zero-order valence-corrected chi connectivity index (χ0v) is 12.8. The average molecular weight is 304 g/mol. The second-order valence-corrected chi connectivity index (χ2v) is 6.94. The summed E-state index contributed by atoms with van der Waals surface area (Å²) in [5.74, 6) is 0.750. The van der Waals surface area contributed by atoms with E-state index < -0.39 is 0 Å². The minimum atomic E-state index is -0.0162. The van der Waals surface area contributed by atoms with Crippen molar-refractivity contribution in [3.63, 3.8) is 0 Å². The molecule has 2 aliphatic rings. The van der Waals surface area contributed by atoms with E-state index in [2.05, 4.69) is 20.2 Å². The summed E-state index contributed by atoms with van der Waals surface area (Å²) in [6, 6.07) is 3.13. The third kappa shape index (κ3) is 2.52. The van der Waals surface area contributed by atoms with Crippen molar-refractivity contribution in [2.24, 2.45) is 0 Å². The number of fused-ring (bicyclic) bond motifs is 2. The number of nitrogens with one attached hydrogen (secondary N) is 2. The maximum absolute atomic E-state index is 12.0. The molecule has 112 valence electrons. The van der Waals surface area contributed by atoms with Crippen LogP contribution in [-0.2, 0) is 6.54 Å². The third-order valence-electron chi connectivity index (χ3n) is 4.75. The van der Waals surface area contributed by atoms with Gasteiger partial charge in [0, 0.05) is 18.6 Å². The number of thiophene rings is 1. The molecule has 21 heavy (non-hydrogen) atoms. The second-order valence-electron chi connectivity index (χ2n) is 6.02. The van der Waals surface area contributed by atoms with Gasteiger partial charge in [0.2, 0.25) is 0 Å². The minimum Gasteiger partial charge on any atom is -0.308 e. The molecule has 5 nitrogen and oxygen atoms in total. The molecular weight excluding hydrogens is 284 g/mol. The van der Waals surface area contributed by atoms with Crippen molar-refractivity contribution in [2.75, 3.05) is 13.1 Å². The fourth-order valence-corrected chi connectivity index (χ4v) is 4.44. The van der Waals surface area contributed by atoms with E-state index >= 15 is 0 Å². The molecule has 0 radical (unpaired) electrons. The highest BCUT2D eigenvalue weighted by atomic mass is 32.1. The van der Waals surface area contributed by atoms with Crippen molar-refractivity contribution in [2.45, 2.75) is 44.3 Å². The normalized spacial score (nSPS) is 26.3. The molecule has 2 aromatic heterocycles. The molecule has 2 atom stereocenters. The maximum Gasteiger partial charge on any atom is 0.268 e. The molecule has 0 bridgehead atoms. The van der Waals surface area contributed by atoms with Gasteiger partial charge in [0.1, 0.15) is 10.5 Å². The van der Waals surface area contributed by atoms with Crippen LogP contribution in [0.1, 0.15) is 31.5 Å². The van der Waals surface area contributed by atoms with Crippen LogP contribution in [0.4, 0.5) is 0 Å². The summed E-state index contributed by atoms with van der Waals surface area (Å²) in [7, 11) is 0. The Hall–Kier alpha value is -1.24. The van der Waals surface area contributed by atoms with Gasteiger partial charge in [0.05, 0.1) is 12.1 Å². The van der Waals surface area contributed by atoms with Crippen LogP contribution < -0.4 is 10.9 Å². The van der Waals surface area contributed by atoms with E-state index in [0.717, 1.165) is 16.0 Å². The van der Waals surface area contributed by atoms with Gasteiger partial charge in [-0.05, 0) is 37.3 Å². The number of hydrogen-bond donors (Lipinski definition) is 2. The predicted molar refractivity (Wildman–Crippen MR) is 84.7 cm³/mol. The number of piperidine rings is 1. The molecule has 2 aromatic rings. The van der Waals surface area contributed by atoms with E-state index in [1.165, 1.54) is 50.1 Å². The smallest absolute Gasteiger partial charge is 0.268 e. The lowest BCUT2D eigenvalue weighted by Crippen LogP contribution is -2.44. The van der Waals surface area contributed by atoms with Crippen LogP contribution >= 0.6 is 11.3 Å². The molecule has 0 spiro atoms. The van der Waals surface area contributed by atoms with Crippen LogP contribution in [0.25, 0.3) is 10.2 Å². The first-order chi connectivity index (χ1) is 10.3. The van der Waals surface area contributed by atoms with Crippen LogP contribution in [0.15, 0.2) is 16.2 Å². The Bertz CT molecular complexity index is 694. The van der Waals surface area contributed by atoms with Crippen molar-refractivity contribution in [3.8, 4) is 0 Å². The zero-order valence-electron chi connectivity index (χ0n) is 12.0. The van der Waals surface area contributed by atoms with Crippen molar-refractivity contribution in [1.82, 2.24) is 20.2 Å². The molecule has 2 unspecified atom stereocenters. The molecule has 6 heteroatoms. The number of H-pyrrole nitrogens is 1. The van der Waals surface area contributed by atoms with Gasteiger partial charge in [-0.15, -0.1) is 11.3 Å². The monoisotopic (exact) mass is 304 g/mol. The van der Waals surface area contributed by atoms with Crippen molar-refractivity contribution < 1.29 is 0 Å². The molecule has 4 heterocycles. The van der Waals surface area contributed by atoms with E-state index in [1.54, 1.807) is 0 Å². The molecule has 0 saturated carbocycles. The first-order valence-corrected chi connectivity index (χ1v) is 8.63. The molecule has 0 aliphatic carbocycles. The molecule has 2 N–H and O–H groups in total. The van der Waals surface area contributed by atoms with Gasteiger partial charge >= 0.3 is 0 Å². The van der Waals surface area contributed by atoms with E-state index in [9.17, 15) is 4.79 Å². The summed E-state index contributed by atoms with van der Waals surface area (Å²) in [4.78, 5) is 22.0. The van der Waals surface area contributed by atoms with E-state index in [1.807, 2.05) is 11.4 Å². The van der Waals surface area contributed by atoms with Crippen molar-refractivity contribution >= 4 is 21.6 Å². The van der Waals surface area contributed by atoms with Crippen LogP contribution in [0.3, 0.4) is 0 Å². The quantitative estimate of drug-likeness (QED) is 0.906. The zero-order chi connectivity index (χ0) is 14.2. The van der Waals surface area contributed by atoms with Crippen LogP contribution in [-0.4, -0.2) is 40.0 Å². The standard InChI is InChI=1S/C15H20N4OS/c20-15-14-11(5-8-21-14)17-13(18-15)9-16-10-4-7-19-6-2-1-3-12(10)19/h5,8,10,12,16H,1-4,6-7,9H2,(H,17,18,20). The van der Waals surface area contributed by atoms with Gasteiger partial charge in [0.15, 0.2) is 0 Å². The Morgan fingerprint density at radius 2 is 2.33 bits per heavy atom. The van der Waals surface area contributed by atoms with Gasteiger partial charge < -0.3 is 10.3 Å². The Labute approximate surface area is 127 Å². The fourth-order valence-electron chi connectivity index (χ4n) is 3.72. The Morgan fingerprint density at radius 1 is 1.38 bits per heavy atom. The average Bonchev–Trinajstić information content (AvgIpc) is 3.12. The Balaban J connectivity index is 1.47. The summed E-state index contributed by atoms with van der Waals surface area (Å²) < 4.78 is 0.720. The minimum absolute atomic E-state index is 0.0162. The van der Waals surface area contributed by atoms with E-state index in [4.69, 9.17) is 0 Å². The third-order valence-corrected chi connectivity index (χ3v) is 5.65. The number of aromatic amines is 1. The summed E-state index contributed by atoms with van der Waals surface area (Å²) in [5, 5.41) is 5.53. The van der Waals surface area contributed by atoms with Crippen LogP contribution in [0.2, 0.25) is 0 Å². The van der Waals surface area contributed by atoms with Crippen LogP contribution in [0, 0.1) is 0 Å². The Morgan fingerprint density at radius 3 is 3.29 bits per heavy atom. The number of hydrogen-bond acceptors (Lipinski definition) is 5. The maximum atomic E-state index is 12.0. The molecule has 2 aliphatic heterocycles. The van der Waals surface area contributed by atoms with Gasteiger partial charge in [-0.1, -0.05) is 6.42 Å². The van der Waals surface area contributed by atoms with Gasteiger partial charge in [0.25, 0.3) is 5.56 Å². The van der Waals surface area contributed by atoms with Gasteiger partial charge in [-0.25, -0.2) is 4.98 Å². The summed E-state index contributed by atoms with van der Waals surface area (Å²) >= 11 is 1.45. The number of rotatable bonds is 3. The van der Waals surface area contributed by atoms with Crippen molar-refractivity contribution in [3.05, 3.63) is 27.6 Å². The highest BCUT2D eigenvalue weighted by Gasteiger charge is 2.34. The topological polar surface area (TPSA) is 61.0 Å². The lowest BCUT2D eigenvalue weighted by Gasteiger charge is -2.32. The highest BCUT2D eigenvalue weighted by Crippen LogP contribution is 2.27. The summed E-state index contributed by atoms with van der Waals surface area (Å²) in [6.07, 6.45) is 5.18. The van der Waals surface area contributed by atoms with E-state index in [0.29, 0.717) is 18.6 Å². The summed E-state index contributed by atoms with van der Waals surface area (Å²) in [5.41, 5.74) is 0.795. The van der Waals surface area contributed by atoms with Crippen LogP contribution in [0.5, 0.6) is 0 Å². The first-order valence-electron chi connectivity index (χ1n) is 7.75. The molecular formula is C15H20N4OS. The lowest BCUT2D eigenvalue weighted by molar-refractivity contribution is 0.180. The molecule has 2 fully saturated rings. The van der Waals surface area contributed by atoms with Gasteiger partial charge in [-0.3, -0.25) is 9.69 Å². The number of nitrogens with zero attached hydrogens (tertiary/aromatic N) is 2. The molecule has 4 rings (SSSR count). The lowest BCUT2D eigenvalue weighted by atomic mass is 9.99. The molecule has 0 amide bonds. The fraction of sp³-hybridized carbons (Fsp3) is 0.600. The molecule has 0 aromatic carbocycles. The van der Waals surface area contributed by atoms with Gasteiger partial charge in [-0.2, -0.15) is 0 Å². The largest absolute Gasteiger partial charge is 0.308 e. The highest BCUT2D eigenvalue weighted by molar-refractivity contribution is 7.17. The predicted octanol–water partition coefficient (Wildman–Crippen LogP) is 1.70. The SMILES string of the molecule is O=c1[nH]c(CNC2CCN3CCCCC23)nc2ccsc12. The summed E-state index contributed by atoms with van der Waals surface area (Å²) in [6.45, 7) is 3.10. The Kier molecular flexibility index (Phi) is 3.52. The van der Waals surface area contributed by atoms with Crippen molar-refractivity contribution in [1.29, 1.82) is 0 Å². The second kappa shape index (κ2) is 5.51. The molecule has 2 saturated heterocycles. The van der Waals surface area contributed by atoms with E-state index in [-0.39, 0.29) is 5.56 Å². The number of aromatic nitrogens is 2. The first kappa shape index (κ1) is 13.4.